The first-order valence-corrected chi connectivity index (χ1v) is 8.75. The number of guanidine groups is 1. The average Bonchev–Trinajstić information content (AvgIpc) is 2.57. The van der Waals surface area contributed by atoms with E-state index in [9.17, 15) is 10.1 Å². The van der Waals surface area contributed by atoms with Gasteiger partial charge in [0, 0.05) is 30.8 Å². The molecule has 0 saturated carbocycles. The predicted octanol–water partition coefficient (Wildman–Crippen LogP) is 3.00. The fourth-order valence-corrected chi connectivity index (χ4v) is 2.57. The quantitative estimate of drug-likeness (QED) is 0.369. The Bertz CT molecular complexity index is 587. The highest BCUT2D eigenvalue weighted by Gasteiger charge is 2.16. The maximum atomic E-state index is 10.7. The molecule has 0 radical (unpaired) electrons. The van der Waals surface area contributed by atoms with Crippen LogP contribution in [0.1, 0.15) is 45.6 Å². The van der Waals surface area contributed by atoms with E-state index in [4.69, 9.17) is 4.74 Å². The molecule has 0 aliphatic carbocycles. The summed E-state index contributed by atoms with van der Waals surface area (Å²) < 4.78 is 5.75. The Morgan fingerprint density at radius 2 is 2.04 bits per heavy atom. The molecule has 1 aromatic carbocycles. The SMILES string of the molecule is CC(C)(C)NC(=NCc1ccc([N+](=O)[O-])cc1)NCC1CCCCO1. The maximum Gasteiger partial charge on any atom is 0.269 e. The molecule has 1 saturated heterocycles. The molecular formula is C18H28N4O3. The molecule has 1 heterocycles. The number of benzene rings is 1. The van der Waals surface area contributed by atoms with Crippen LogP contribution < -0.4 is 10.6 Å². The third-order valence-corrected chi connectivity index (χ3v) is 3.83. The molecule has 2 N–H and O–H groups in total. The van der Waals surface area contributed by atoms with Crippen molar-refractivity contribution < 1.29 is 9.66 Å². The normalized spacial score (nSPS) is 18.7. The Labute approximate surface area is 149 Å². The van der Waals surface area contributed by atoms with Gasteiger partial charge in [0.05, 0.1) is 17.6 Å². The molecule has 7 heteroatoms. The summed E-state index contributed by atoms with van der Waals surface area (Å²) in [5.41, 5.74) is 0.900. The molecule has 0 spiro atoms. The van der Waals surface area contributed by atoms with E-state index in [1.807, 2.05) is 0 Å². The highest BCUT2D eigenvalue weighted by molar-refractivity contribution is 5.80. The topological polar surface area (TPSA) is 88.8 Å². The Balaban J connectivity index is 1.97. The average molecular weight is 348 g/mol. The number of nitrogens with zero attached hydrogens (tertiary/aromatic N) is 2. The third kappa shape index (κ3) is 7.09. The Kier molecular flexibility index (Phi) is 6.75. The molecule has 1 atom stereocenters. The smallest absolute Gasteiger partial charge is 0.269 e. The monoisotopic (exact) mass is 348 g/mol. The Morgan fingerprint density at radius 3 is 2.60 bits per heavy atom. The number of ether oxygens (including phenoxy) is 1. The number of nitro groups is 1. The molecule has 7 nitrogen and oxygen atoms in total. The van der Waals surface area contributed by atoms with Gasteiger partial charge in [-0.25, -0.2) is 4.99 Å². The van der Waals surface area contributed by atoms with Crippen molar-refractivity contribution in [2.24, 2.45) is 4.99 Å². The molecule has 0 amide bonds. The molecule has 1 aromatic rings. The van der Waals surface area contributed by atoms with Crippen LogP contribution in [0.5, 0.6) is 0 Å². The fourth-order valence-electron chi connectivity index (χ4n) is 2.57. The standard InChI is InChI=1S/C18H28N4O3/c1-18(2,3)21-17(20-13-16-6-4-5-11-25-16)19-12-14-7-9-15(10-8-14)22(23)24/h7-10,16H,4-6,11-13H2,1-3H3,(H2,19,20,21). The number of nitro benzene ring substituents is 1. The number of aliphatic imine (C=N–C) groups is 1. The van der Waals surface area contributed by atoms with Crippen LogP contribution in [0.4, 0.5) is 5.69 Å². The zero-order valence-electron chi connectivity index (χ0n) is 15.2. The first kappa shape index (κ1) is 19.2. The minimum atomic E-state index is -0.397. The summed E-state index contributed by atoms with van der Waals surface area (Å²) in [6.45, 7) is 8.24. The lowest BCUT2D eigenvalue weighted by atomic mass is 10.1. The molecule has 1 aliphatic heterocycles. The second-order valence-corrected chi connectivity index (χ2v) is 7.33. The van der Waals surface area contributed by atoms with Gasteiger partial charge in [-0.3, -0.25) is 10.1 Å². The van der Waals surface area contributed by atoms with E-state index in [0.29, 0.717) is 6.54 Å². The highest BCUT2D eigenvalue weighted by atomic mass is 16.6. The van der Waals surface area contributed by atoms with E-state index in [1.54, 1.807) is 12.1 Å². The zero-order valence-corrected chi connectivity index (χ0v) is 15.2. The minimum Gasteiger partial charge on any atom is -0.376 e. The van der Waals surface area contributed by atoms with Gasteiger partial charge in [-0.1, -0.05) is 12.1 Å². The van der Waals surface area contributed by atoms with Crippen molar-refractivity contribution in [3.05, 3.63) is 39.9 Å². The van der Waals surface area contributed by atoms with E-state index >= 15 is 0 Å². The van der Waals surface area contributed by atoms with E-state index in [2.05, 4.69) is 36.4 Å². The molecular weight excluding hydrogens is 320 g/mol. The summed E-state index contributed by atoms with van der Waals surface area (Å²) in [4.78, 5) is 14.9. The summed E-state index contributed by atoms with van der Waals surface area (Å²) in [7, 11) is 0. The van der Waals surface area contributed by atoms with Crippen LogP contribution in [-0.4, -0.2) is 35.7 Å². The number of non-ortho nitro benzene ring substituents is 1. The second-order valence-electron chi connectivity index (χ2n) is 7.33. The van der Waals surface area contributed by atoms with Crippen LogP contribution in [0.3, 0.4) is 0 Å². The lowest BCUT2D eigenvalue weighted by Crippen LogP contribution is -2.49. The lowest BCUT2D eigenvalue weighted by molar-refractivity contribution is -0.384. The van der Waals surface area contributed by atoms with Crippen molar-refractivity contribution in [2.75, 3.05) is 13.2 Å². The van der Waals surface area contributed by atoms with E-state index < -0.39 is 4.92 Å². The van der Waals surface area contributed by atoms with Crippen LogP contribution in [0.25, 0.3) is 0 Å². The van der Waals surface area contributed by atoms with Gasteiger partial charge in [-0.2, -0.15) is 0 Å². The Morgan fingerprint density at radius 1 is 1.32 bits per heavy atom. The molecule has 25 heavy (non-hydrogen) atoms. The maximum absolute atomic E-state index is 10.7. The Hall–Kier alpha value is -2.15. The van der Waals surface area contributed by atoms with Crippen LogP contribution in [0, 0.1) is 10.1 Å². The first-order chi connectivity index (χ1) is 11.8. The van der Waals surface area contributed by atoms with Crippen molar-refractivity contribution in [3.63, 3.8) is 0 Å². The van der Waals surface area contributed by atoms with Crippen molar-refractivity contribution >= 4 is 11.6 Å². The third-order valence-electron chi connectivity index (χ3n) is 3.83. The van der Waals surface area contributed by atoms with Gasteiger partial charge in [0.15, 0.2) is 5.96 Å². The number of hydrogen-bond donors (Lipinski definition) is 2. The van der Waals surface area contributed by atoms with Crippen molar-refractivity contribution in [1.82, 2.24) is 10.6 Å². The van der Waals surface area contributed by atoms with Gasteiger partial charge >= 0.3 is 0 Å². The summed E-state index contributed by atoms with van der Waals surface area (Å²) in [5.74, 6) is 0.722. The molecule has 2 rings (SSSR count). The van der Waals surface area contributed by atoms with Gasteiger partial charge in [-0.05, 0) is 45.6 Å². The molecule has 138 valence electrons. The van der Waals surface area contributed by atoms with Crippen molar-refractivity contribution in [1.29, 1.82) is 0 Å². The van der Waals surface area contributed by atoms with Crippen LogP contribution in [0.2, 0.25) is 0 Å². The molecule has 0 aromatic heterocycles. The molecule has 1 aliphatic rings. The largest absolute Gasteiger partial charge is 0.376 e. The number of rotatable bonds is 5. The highest BCUT2D eigenvalue weighted by Crippen LogP contribution is 2.13. The van der Waals surface area contributed by atoms with Crippen LogP contribution in [-0.2, 0) is 11.3 Å². The summed E-state index contributed by atoms with van der Waals surface area (Å²) in [6.07, 6.45) is 3.63. The van der Waals surface area contributed by atoms with Gasteiger partial charge in [0.2, 0.25) is 0 Å². The van der Waals surface area contributed by atoms with Gasteiger partial charge in [-0.15, -0.1) is 0 Å². The minimum absolute atomic E-state index is 0.0911. The fraction of sp³-hybridized carbons (Fsp3) is 0.611. The first-order valence-electron chi connectivity index (χ1n) is 8.75. The summed E-state index contributed by atoms with van der Waals surface area (Å²) in [5, 5.41) is 17.4. The van der Waals surface area contributed by atoms with Crippen LogP contribution in [0.15, 0.2) is 29.3 Å². The van der Waals surface area contributed by atoms with Crippen LogP contribution >= 0.6 is 0 Å². The predicted molar refractivity (Wildman–Crippen MR) is 98.7 cm³/mol. The summed E-state index contributed by atoms with van der Waals surface area (Å²) in [6, 6.07) is 6.48. The van der Waals surface area contributed by atoms with E-state index in [1.165, 1.54) is 18.6 Å². The second kappa shape index (κ2) is 8.80. The molecule has 0 bridgehead atoms. The van der Waals surface area contributed by atoms with Crippen molar-refractivity contribution in [3.8, 4) is 0 Å². The van der Waals surface area contributed by atoms with E-state index in [-0.39, 0.29) is 17.3 Å². The number of hydrogen-bond acceptors (Lipinski definition) is 4. The van der Waals surface area contributed by atoms with E-state index in [0.717, 1.165) is 37.5 Å². The zero-order chi connectivity index (χ0) is 18.3. The van der Waals surface area contributed by atoms with Gasteiger partial charge in [0.25, 0.3) is 5.69 Å². The van der Waals surface area contributed by atoms with Gasteiger partial charge < -0.3 is 15.4 Å². The lowest BCUT2D eigenvalue weighted by Gasteiger charge is -2.27. The summed E-state index contributed by atoms with van der Waals surface area (Å²) >= 11 is 0. The van der Waals surface area contributed by atoms with Crippen molar-refractivity contribution in [2.45, 2.75) is 58.2 Å². The molecule has 1 unspecified atom stereocenters. The number of nitrogens with one attached hydrogen (secondary N) is 2. The van der Waals surface area contributed by atoms with Gasteiger partial charge in [0.1, 0.15) is 0 Å². The molecule has 1 fully saturated rings.